The van der Waals surface area contributed by atoms with Gasteiger partial charge in [-0.25, -0.2) is 0 Å². The van der Waals surface area contributed by atoms with Gasteiger partial charge in [-0.05, 0) is 95.2 Å². The predicted molar refractivity (Wildman–Crippen MR) is 132 cm³/mol. The van der Waals surface area contributed by atoms with Crippen LogP contribution < -0.4 is 5.73 Å². The van der Waals surface area contributed by atoms with Crippen LogP contribution in [0.3, 0.4) is 0 Å². The molecule has 2 aliphatic rings. The van der Waals surface area contributed by atoms with Crippen molar-refractivity contribution in [2.45, 2.75) is 79.6 Å². The van der Waals surface area contributed by atoms with Crippen LogP contribution in [0.15, 0.2) is 58.7 Å². The number of hydrogen-bond donors (Lipinski definition) is 1. The summed E-state index contributed by atoms with van der Waals surface area (Å²) in [5.41, 5.74) is 11.3. The Morgan fingerprint density at radius 1 is 1.13 bits per heavy atom. The average Bonchev–Trinajstić information content (AvgIpc) is 2.73. The zero-order valence-electron chi connectivity index (χ0n) is 20.4. The molecule has 0 radical (unpaired) electrons. The first-order valence-corrected chi connectivity index (χ1v) is 12.0. The molecule has 3 nitrogen and oxygen atoms in total. The topological polar surface area (TPSA) is 52.3 Å². The Morgan fingerprint density at radius 2 is 1.84 bits per heavy atom. The van der Waals surface area contributed by atoms with Gasteiger partial charge in [-0.1, -0.05) is 60.9 Å². The maximum absolute atomic E-state index is 12.2. The van der Waals surface area contributed by atoms with Gasteiger partial charge in [0.1, 0.15) is 6.61 Å². The average molecular weight is 426 g/mol. The van der Waals surface area contributed by atoms with Crippen LogP contribution >= 0.6 is 0 Å². The lowest BCUT2D eigenvalue weighted by Crippen LogP contribution is -2.27. The molecular weight excluding hydrogens is 382 g/mol. The van der Waals surface area contributed by atoms with Crippen molar-refractivity contribution in [1.29, 1.82) is 0 Å². The molecule has 0 heterocycles. The van der Waals surface area contributed by atoms with Gasteiger partial charge in [0.05, 0.1) is 5.92 Å². The molecule has 2 N–H and O–H groups in total. The van der Waals surface area contributed by atoms with Gasteiger partial charge < -0.3 is 10.5 Å². The second-order valence-corrected chi connectivity index (χ2v) is 10.1. The van der Waals surface area contributed by atoms with Crippen LogP contribution in [0.4, 0.5) is 0 Å². The van der Waals surface area contributed by atoms with Crippen molar-refractivity contribution in [1.82, 2.24) is 0 Å². The molecule has 0 aliphatic heterocycles. The molecule has 2 aliphatic carbocycles. The van der Waals surface area contributed by atoms with Crippen LogP contribution in [0.1, 0.15) is 79.6 Å². The maximum Gasteiger partial charge on any atom is 0.309 e. The van der Waals surface area contributed by atoms with E-state index in [-0.39, 0.29) is 17.3 Å². The molecule has 0 aromatic carbocycles. The van der Waals surface area contributed by atoms with Crippen molar-refractivity contribution in [2.75, 3.05) is 13.2 Å². The van der Waals surface area contributed by atoms with Crippen molar-refractivity contribution in [3.8, 4) is 0 Å². The lowest BCUT2D eigenvalue weighted by Gasteiger charge is -2.32. The summed E-state index contributed by atoms with van der Waals surface area (Å²) < 4.78 is 5.47. The number of allylic oxidation sites excluding steroid dienone is 9. The van der Waals surface area contributed by atoms with Gasteiger partial charge in [0, 0.05) is 0 Å². The van der Waals surface area contributed by atoms with Gasteiger partial charge in [0.2, 0.25) is 0 Å². The Balaban J connectivity index is 1.80. The minimum atomic E-state index is -0.0559. The monoisotopic (exact) mass is 425 g/mol. The molecule has 0 spiro atoms. The quantitative estimate of drug-likeness (QED) is 0.343. The van der Waals surface area contributed by atoms with Crippen molar-refractivity contribution in [2.24, 2.45) is 23.0 Å². The summed E-state index contributed by atoms with van der Waals surface area (Å²) in [6, 6.07) is 0. The molecule has 172 valence electrons. The van der Waals surface area contributed by atoms with Crippen LogP contribution in [-0.2, 0) is 9.53 Å². The number of rotatable bonds is 8. The molecule has 1 saturated carbocycles. The fourth-order valence-electron chi connectivity index (χ4n) is 4.71. The molecule has 0 unspecified atom stereocenters. The van der Waals surface area contributed by atoms with Crippen LogP contribution in [0, 0.1) is 17.3 Å². The predicted octanol–water partition coefficient (Wildman–Crippen LogP) is 6.83. The molecule has 31 heavy (non-hydrogen) atoms. The molecular formula is C28H43NO2. The fourth-order valence-corrected chi connectivity index (χ4v) is 4.71. The third-order valence-electron chi connectivity index (χ3n) is 6.92. The smallest absolute Gasteiger partial charge is 0.309 e. The highest BCUT2D eigenvalue weighted by Gasteiger charge is 2.27. The Kier molecular flexibility index (Phi) is 10.0. The van der Waals surface area contributed by atoms with E-state index < -0.39 is 0 Å². The van der Waals surface area contributed by atoms with E-state index >= 15 is 0 Å². The van der Waals surface area contributed by atoms with E-state index in [1.165, 1.54) is 36.0 Å². The number of carbonyl (C=O) groups is 1. The Bertz CT molecular complexity index is 756. The molecule has 0 aromatic heterocycles. The van der Waals surface area contributed by atoms with Crippen molar-refractivity contribution >= 4 is 5.97 Å². The van der Waals surface area contributed by atoms with Crippen LogP contribution in [0.5, 0.6) is 0 Å². The summed E-state index contributed by atoms with van der Waals surface area (Å²) >= 11 is 0. The van der Waals surface area contributed by atoms with Gasteiger partial charge in [0.15, 0.2) is 0 Å². The standard InChI is InChI=1S/C28H43NO2/c1-21(11-16-26-23(3)10-7-18-28(26,4)5)8-6-9-22(2)17-19-31-27(30)25-14-12-24(20-29)13-15-25/h6,8-9,11,16-17,24-25H,7,10,12-15,18-20,29H2,1-5H3/b9-6+,16-11+,21-8+,22-17+. The number of ether oxygens (including phenoxy) is 1. The molecule has 1 fully saturated rings. The van der Waals surface area contributed by atoms with E-state index in [1.807, 2.05) is 13.0 Å². The summed E-state index contributed by atoms with van der Waals surface area (Å²) in [5.74, 6) is 0.578. The summed E-state index contributed by atoms with van der Waals surface area (Å²) in [4.78, 5) is 12.2. The van der Waals surface area contributed by atoms with Gasteiger partial charge in [0.25, 0.3) is 0 Å². The molecule has 0 saturated heterocycles. The first kappa shape index (κ1) is 25.4. The number of esters is 1. The highest BCUT2D eigenvalue weighted by Crippen LogP contribution is 2.40. The summed E-state index contributed by atoms with van der Waals surface area (Å²) in [5, 5.41) is 0. The Hall–Kier alpha value is -1.87. The molecule has 0 atom stereocenters. The van der Waals surface area contributed by atoms with Gasteiger partial charge in [-0.15, -0.1) is 0 Å². The third-order valence-corrected chi connectivity index (χ3v) is 6.92. The van der Waals surface area contributed by atoms with E-state index in [0.717, 1.165) is 37.8 Å². The van der Waals surface area contributed by atoms with Crippen molar-refractivity contribution in [3.05, 3.63) is 58.7 Å². The highest BCUT2D eigenvalue weighted by molar-refractivity contribution is 5.72. The second-order valence-electron chi connectivity index (χ2n) is 10.1. The third kappa shape index (κ3) is 8.29. The first-order valence-electron chi connectivity index (χ1n) is 12.0. The van der Waals surface area contributed by atoms with Crippen molar-refractivity contribution in [3.63, 3.8) is 0 Å². The van der Waals surface area contributed by atoms with Gasteiger partial charge >= 0.3 is 5.97 Å². The number of carbonyl (C=O) groups excluding carboxylic acids is 1. The lowest BCUT2D eigenvalue weighted by molar-refractivity contribution is -0.148. The zero-order chi connectivity index (χ0) is 22.9. The normalized spacial score (nSPS) is 25.5. The van der Waals surface area contributed by atoms with E-state index in [2.05, 4.69) is 58.1 Å². The summed E-state index contributed by atoms with van der Waals surface area (Å²) in [7, 11) is 0. The Labute approximate surface area is 190 Å². The van der Waals surface area contributed by atoms with E-state index in [4.69, 9.17) is 10.5 Å². The molecule has 2 rings (SSSR count). The maximum atomic E-state index is 12.2. The van der Waals surface area contributed by atoms with Crippen LogP contribution in [0.25, 0.3) is 0 Å². The highest BCUT2D eigenvalue weighted by atomic mass is 16.5. The Morgan fingerprint density at radius 3 is 2.48 bits per heavy atom. The molecule has 0 aromatic rings. The zero-order valence-corrected chi connectivity index (χ0v) is 20.4. The fraction of sp³-hybridized carbons (Fsp3) is 0.607. The summed E-state index contributed by atoms with van der Waals surface area (Å²) in [6.45, 7) is 12.2. The SMILES string of the molecule is CC1=C(/C=C/C(C)=C/C=C/C(C)=C/COC(=O)C2CCC(CN)CC2)C(C)(C)CCC1. The van der Waals surface area contributed by atoms with Gasteiger partial charge in [-0.2, -0.15) is 0 Å². The number of hydrogen-bond acceptors (Lipinski definition) is 3. The minimum absolute atomic E-state index is 0.0531. The molecule has 3 heteroatoms. The summed E-state index contributed by atoms with van der Waals surface area (Å²) in [6.07, 6.45) is 20.4. The van der Waals surface area contributed by atoms with E-state index in [0.29, 0.717) is 12.5 Å². The first-order chi connectivity index (χ1) is 14.7. The molecule has 0 amide bonds. The minimum Gasteiger partial charge on any atom is -0.461 e. The second kappa shape index (κ2) is 12.2. The lowest BCUT2D eigenvalue weighted by atomic mass is 9.72. The van der Waals surface area contributed by atoms with Gasteiger partial charge in [-0.3, -0.25) is 4.79 Å². The van der Waals surface area contributed by atoms with Crippen molar-refractivity contribution < 1.29 is 9.53 Å². The van der Waals surface area contributed by atoms with Crippen LogP contribution in [-0.4, -0.2) is 19.1 Å². The van der Waals surface area contributed by atoms with Crippen LogP contribution in [0.2, 0.25) is 0 Å². The molecule has 0 bridgehead atoms. The number of nitrogens with two attached hydrogens (primary N) is 1. The van der Waals surface area contributed by atoms with E-state index in [1.54, 1.807) is 0 Å². The van der Waals surface area contributed by atoms with E-state index in [9.17, 15) is 4.79 Å². The largest absolute Gasteiger partial charge is 0.461 e.